The van der Waals surface area contributed by atoms with Gasteiger partial charge in [-0.25, -0.2) is 0 Å². The Morgan fingerprint density at radius 3 is 2.55 bits per heavy atom. The normalized spacial score (nSPS) is 22.3. The predicted molar refractivity (Wildman–Crippen MR) is 80.6 cm³/mol. The lowest BCUT2D eigenvalue weighted by atomic mass is 9.78. The van der Waals surface area contributed by atoms with Crippen molar-refractivity contribution >= 4 is 33.5 Å². The van der Waals surface area contributed by atoms with Gasteiger partial charge < -0.3 is 10.4 Å². The topological polar surface area (TPSA) is 66.4 Å². The number of halogens is 1. The first-order valence-corrected chi connectivity index (χ1v) is 7.58. The molecule has 1 aromatic carbocycles. The lowest BCUT2D eigenvalue weighted by Crippen LogP contribution is -2.36. The molecule has 0 bridgehead atoms. The number of anilines is 1. The van der Waals surface area contributed by atoms with E-state index in [9.17, 15) is 14.7 Å². The van der Waals surface area contributed by atoms with Crippen molar-refractivity contribution in [1.82, 2.24) is 0 Å². The fourth-order valence-electron chi connectivity index (χ4n) is 2.70. The fourth-order valence-corrected chi connectivity index (χ4v) is 3.05. The Kier molecular flexibility index (Phi) is 4.81. The third kappa shape index (κ3) is 3.39. The van der Waals surface area contributed by atoms with Crippen LogP contribution in [0.1, 0.15) is 31.2 Å². The van der Waals surface area contributed by atoms with Gasteiger partial charge in [-0.05, 0) is 53.4 Å². The quantitative estimate of drug-likeness (QED) is 0.884. The molecular weight excluding hydrogens is 322 g/mol. The maximum atomic E-state index is 12.4. The molecule has 0 spiro atoms. The molecule has 0 saturated heterocycles. The summed E-state index contributed by atoms with van der Waals surface area (Å²) in [5.41, 5.74) is 1.74. The van der Waals surface area contributed by atoms with Gasteiger partial charge in [-0.3, -0.25) is 9.59 Å². The van der Waals surface area contributed by atoms with Gasteiger partial charge in [-0.2, -0.15) is 0 Å². The second-order valence-corrected chi connectivity index (χ2v) is 6.16. The number of aliphatic carboxylic acids is 1. The lowest BCUT2D eigenvalue weighted by Gasteiger charge is -2.27. The zero-order valence-corrected chi connectivity index (χ0v) is 12.9. The molecule has 1 saturated carbocycles. The molecule has 1 aliphatic rings. The standard InChI is InChI=1S/C15H18BrNO3/c1-9-6-7-12(16)13(8-9)17-14(18)10-4-2-3-5-11(10)15(19)20/h6-8,10-11H,2-5H2,1H3,(H,17,18)(H,19,20)/t10-,11+/m1/s1. The van der Waals surface area contributed by atoms with E-state index in [0.717, 1.165) is 22.9 Å². The molecule has 1 fully saturated rings. The molecule has 2 rings (SSSR count). The maximum Gasteiger partial charge on any atom is 0.307 e. The van der Waals surface area contributed by atoms with Crippen LogP contribution in [0.25, 0.3) is 0 Å². The van der Waals surface area contributed by atoms with Gasteiger partial charge in [-0.1, -0.05) is 18.9 Å². The molecule has 0 unspecified atom stereocenters. The summed E-state index contributed by atoms with van der Waals surface area (Å²) in [6.07, 6.45) is 3.03. The van der Waals surface area contributed by atoms with E-state index in [-0.39, 0.29) is 5.91 Å². The monoisotopic (exact) mass is 339 g/mol. The molecule has 2 N–H and O–H groups in total. The molecule has 108 valence electrons. The molecule has 20 heavy (non-hydrogen) atoms. The van der Waals surface area contributed by atoms with Crippen molar-refractivity contribution in [2.75, 3.05) is 5.32 Å². The van der Waals surface area contributed by atoms with Crippen molar-refractivity contribution < 1.29 is 14.7 Å². The molecule has 1 aromatic rings. The van der Waals surface area contributed by atoms with Crippen LogP contribution in [0.15, 0.2) is 22.7 Å². The number of carboxylic acids is 1. The van der Waals surface area contributed by atoms with Crippen LogP contribution in [0, 0.1) is 18.8 Å². The van der Waals surface area contributed by atoms with Gasteiger partial charge in [0, 0.05) is 4.47 Å². The Hall–Kier alpha value is -1.36. The lowest BCUT2D eigenvalue weighted by molar-refractivity contribution is -0.147. The number of rotatable bonds is 3. The highest BCUT2D eigenvalue weighted by molar-refractivity contribution is 9.10. The minimum absolute atomic E-state index is 0.191. The molecule has 0 heterocycles. The van der Waals surface area contributed by atoms with Crippen LogP contribution in [-0.4, -0.2) is 17.0 Å². The first kappa shape index (κ1) is 15.0. The molecule has 1 amide bonds. The van der Waals surface area contributed by atoms with Gasteiger partial charge >= 0.3 is 5.97 Å². The number of hydrogen-bond acceptors (Lipinski definition) is 2. The average molecular weight is 340 g/mol. The summed E-state index contributed by atoms with van der Waals surface area (Å²) in [6.45, 7) is 1.95. The summed E-state index contributed by atoms with van der Waals surface area (Å²) < 4.78 is 0.805. The molecular formula is C15H18BrNO3. The van der Waals surface area contributed by atoms with Crippen LogP contribution >= 0.6 is 15.9 Å². The molecule has 0 radical (unpaired) electrons. The van der Waals surface area contributed by atoms with Gasteiger partial charge in [0.15, 0.2) is 0 Å². The summed E-state index contributed by atoms with van der Waals surface area (Å²) in [4.78, 5) is 23.6. The van der Waals surface area contributed by atoms with E-state index in [0.29, 0.717) is 18.5 Å². The van der Waals surface area contributed by atoms with Crippen molar-refractivity contribution in [2.45, 2.75) is 32.6 Å². The SMILES string of the molecule is Cc1ccc(Br)c(NC(=O)[C@@H]2CCCC[C@@H]2C(=O)O)c1. The van der Waals surface area contributed by atoms with Crippen molar-refractivity contribution in [1.29, 1.82) is 0 Å². The zero-order valence-electron chi connectivity index (χ0n) is 11.4. The first-order chi connectivity index (χ1) is 9.49. The highest BCUT2D eigenvalue weighted by Gasteiger charge is 2.35. The number of nitrogens with one attached hydrogen (secondary N) is 1. The van der Waals surface area contributed by atoms with Crippen LogP contribution < -0.4 is 5.32 Å². The molecule has 2 atom stereocenters. The van der Waals surface area contributed by atoms with Crippen LogP contribution in [0.2, 0.25) is 0 Å². The van der Waals surface area contributed by atoms with E-state index in [2.05, 4.69) is 21.2 Å². The van der Waals surface area contributed by atoms with Crippen molar-refractivity contribution in [3.05, 3.63) is 28.2 Å². The third-order valence-electron chi connectivity index (χ3n) is 3.80. The highest BCUT2D eigenvalue weighted by Crippen LogP contribution is 2.32. The van der Waals surface area contributed by atoms with Gasteiger partial charge in [0.05, 0.1) is 17.5 Å². The Balaban J connectivity index is 2.14. The molecule has 5 heteroatoms. The summed E-state index contributed by atoms with van der Waals surface area (Å²) in [5.74, 6) is -2.06. The van der Waals surface area contributed by atoms with Crippen LogP contribution in [0.5, 0.6) is 0 Å². The van der Waals surface area contributed by atoms with Crippen LogP contribution in [0.4, 0.5) is 5.69 Å². The van der Waals surface area contributed by atoms with E-state index in [1.165, 1.54) is 0 Å². The first-order valence-electron chi connectivity index (χ1n) is 6.79. The second-order valence-electron chi connectivity index (χ2n) is 5.31. The Labute approximate surface area is 126 Å². The van der Waals surface area contributed by atoms with Gasteiger partial charge in [0.25, 0.3) is 0 Å². The van der Waals surface area contributed by atoms with Crippen LogP contribution in [0.3, 0.4) is 0 Å². The number of aryl methyl sites for hydroxylation is 1. The van der Waals surface area contributed by atoms with E-state index in [1.54, 1.807) is 0 Å². The molecule has 4 nitrogen and oxygen atoms in total. The zero-order chi connectivity index (χ0) is 14.7. The number of benzene rings is 1. The predicted octanol–water partition coefficient (Wildman–Crippen LogP) is 3.59. The summed E-state index contributed by atoms with van der Waals surface area (Å²) in [5, 5.41) is 12.1. The van der Waals surface area contributed by atoms with Crippen molar-refractivity contribution in [3.8, 4) is 0 Å². The van der Waals surface area contributed by atoms with E-state index >= 15 is 0 Å². The highest BCUT2D eigenvalue weighted by atomic mass is 79.9. The van der Waals surface area contributed by atoms with E-state index in [1.807, 2.05) is 25.1 Å². The molecule has 1 aliphatic carbocycles. The van der Waals surface area contributed by atoms with Gasteiger partial charge in [0.1, 0.15) is 0 Å². The number of carbonyl (C=O) groups excluding carboxylic acids is 1. The van der Waals surface area contributed by atoms with Crippen molar-refractivity contribution in [3.63, 3.8) is 0 Å². The Morgan fingerprint density at radius 2 is 1.90 bits per heavy atom. The number of amides is 1. The van der Waals surface area contributed by atoms with Crippen LogP contribution in [-0.2, 0) is 9.59 Å². The Morgan fingerprint density at radius 1 is 1.25 bits per heavy atom. The second kappa shape index (κ2) is 6.39. The maximum absolute atomic E-state index is 12.4. The van der Waals surface area contributed by atoms with E-state index in [4.69, 9.17) is 0 Å². The third-order valence-corrected chi connectivity index (χ3v) is 4.49. The summed E-state index contributed by atoms with van der Waals surface area (Å²) >= 11 is 3.40. The number of carboxylic acid groups (broad SMARTS) is 1. The van der Waals surface area contributed by atoms with E-state index < -0.39 is 17.8 Å². The number of hydrogen-bond donors (Lipinski definition) is 2. The van der Waals surface area contributed by atoms with Crippen molar-refractivity contribution in [2.24, 2.45) is 11.8 Å². The minimum atomic E-state index is -0.867. The molecule has 0 aliphatic heterocycles. The smallest absolute Gasteiger partial charge is 0.307 e. The van der Waals surface area contributed by atoms with Gasteiger partial charge in [-0.15, -0.1) is 0 Å². The van der Waals surface area contributed by atoms with Gasteiger partial charge in [0.2, 0.25) is 5.91 Å². The summed E-state index contributed by atoms with van der Waals surface area (Å²) in [6, 6.07) is 5.70. The average Bonchev–Trinajstić information content (AvgIpc) is 2.42. The molecule has 0 aromatic heterocycles. The number of carbonyl (C=O) groups is 2. The summed E-state index contributed by atoms with van der Waals surface area (Å²) in [7, 11) is 0. The fraction of sp³-hybridized carbons (Fsp3) is 0.467. The Bertz CT molecular complexity index is 530. The largest absolute Gasteiger partial charge is 0.481 e. The minimum Gasteiger partial charge on any atom is -0.481 e.